The van der Waals surface area contributed by atoms with Gasteiger partial charge in [0.05, 0.1) is 5.92 Å². The summed E-state index contributed by atoms with van der Waals surface area (Å²) in [6.07, 6.45) is 4.23. The number of benzene rings is 1. The summed E-state index contributed by atoms with van der Waals surface area (Å²) in [6, 6.07) is 11.2. The van der Waals surface area contributed by atoms with Crippen molar-refractivity contribution in [3.05, 3.63) is 35.9 Å². The zero-order valence-corrected chi connectivity index (χ0v) is 11.2. The zero-order valence-electron chi connectivity index (χ0n) is 11.2. The number of aliphatic carboxylic acids is 1. The van der Waals surface area contributed by atoms with E-state index in [0.29, 0.717) is 6.04 Å². The number of likely N-dealkylation sites (tertiary alicyclic amines) is 1. The first-order chi connectivity index (χ1) is 9.25. The number of carbonyl (C=O) groups is 1. The first-order valence-corrected chi connectivity index (χ1v) is 7.27. The molecule has 3 rings (SSSR count). The highest BCUT2D eigenvalue weighted by Crippen LogP contribution is 2.45. The van der Waals surface area contributed by atoms with Gasteiger partial charge in [-0.2, -0.15) is 0 Å². The largest absolute Gasteiger partial charge is 0.481 e. The fourth-order valence-electron chi connectivity index (χ4n) is 3.27. The minimum atomic E-state index is -0.623. The van der Waals surface area contributed by atoms with Crippen molar-refractivity contribution in [2.75, 3.05) is 13.1 Å². The molecular formula is C16H21NO2. The second kappa shape index (κ2) is 5.33. The van der Waals surface area contributed by atoms with Gasteiger partial charge in [0.15, 0.2) is 0 Å². The summed E-state index contributed by atoms with van der Waals surface area (Å²) in [5.41, 5.74) is 1.40. The lowest BCUT2D eigenvalue weighted by molar-refractivity contribution is -0.143. The van der Waals surface area contributed by atoms with Crippen LogP contribution in [0.25, 0.3) is 0 Å². The van der Waals surface area contributed by atoms with E-state index in [0.717, 1.165) is 31.8 Å². The second-order valence-electron chi connectivity index (χ2n) is 5.84. The Kier molecular flexibility index (Phi) is 3.56. The third-order valence-corrected chi connectivity index (χ3v) is 4.48. The highest BCUT2D eigenvalue weighted by Gasteiger charge is 2.38. The molecule has 3 nitrogen and oxygen atoms in total. The van der Waals surface area contributed by atoms with Crippen molar-refractivity contribution in [1.82, 2.24) is 4.90 Å². The van der Waals surface area contributed by atoms with Gasteiger partial charge in [0.1, 0.15) is 0 Å². The Labute approximate surface area is 114 Å². The molecule has 1 aromatic carbocycles. The first-order valence-electron chi connectivity index (χ1n) is 7.27. The van der Waals surface area contributed by atoms with E-state index in [1.54, 1.807) is 0 Å². The summed E-state index contributed by atoms with van der Waals surface area (Å²) in [5, 5.41) is 9.08. The predicted octanol–water partition coefficient (Wildman–Crippen LogP) is 2.93. The Balaban J connectivity index is 1.71. The van der Waals surface area contributed by atoms with Gasteiger partial charge in [0, 0.05) is 6.04 Å². The Morgan fingerprint density at radius 1 is 1.11 bits per heavy atom. The van der Waals surface area contributed by atoms with E-state index >= 15 is 0 Å². The molecule has 1 aliphatic carbocycles. The number of hydrogen-bond donors (Lipinski definition) is 1. The van der Waals surface area contributed by atoms with Crippen molar-refractivity contribution in [3.63, 3.8) is 0 Å². The minimum absolute atomic E-state index is 0.133. The topological polar surface area (TPSA) is 40.5 Å². The van der Waals surface area contributed by atoms with Crippen LogP contribution in [0.4, 0.5) is 0 Å². The number of hydrogen-bond acceptors (Lipinski definition) is 2. The van der Waals surface area contributed by atoms with Crippen LogP contribution in [-0.4, -0.2) is 29.1 Å². The molecule has 1 atom stereocenters. The van der Waals surface area contributed by atoms with Crippen molar-refractivity contribution in [1.29, 1.82) is 0 Å². The lowest BCUT2D eigenvalue weighted by atomic mass is 9.93. The molecule has 2 aliphatic rings. The fourth-order valence-corrected chi connectivity index (χ4v) is 3.27. The average molecular weight is 259 g/mol. The summed E-state index contributed by atoms with van der Waals surface area (Å²) in [5.74, 6) is 0.0259. The Hall–Kier alpha value is -1.35. The lowest BCUT2D eigenvalue weighted by Crippen LogP contribution is -2.39. The van der Waals surface area contributed by atoms with Gasteiger partial charge < -0.3 is 5.11 Å². The van der Waals surface area contributed by atoms with E-state index in [4.69, 9.17) is 5.11 Å². The highest BCUT2D eigenvalue weighted by atomic mass is 16.4. The molecule has 2 fully saturated rings. The maximum atomic E-state index is 11.0. The number of carboxylic acids is 1. The molecule has 1 N–H and O–H groups in total. The van der Waals surface area contributed by atoms with Crippen LogP contribution < -0.4 is 0 Å². The van der Waals surface area contributed by atoms with Crippen LogP contribution in [0.15, 0.2) is 30.3 Å². The molecule has 0 amide bonds. The highest BCUT2D eigenvalue weighted by molar-refractivity contribution is 5.70. The fraction of sp³-hybridized carbons (Fsp3) is 0.562. The van der Waals surface area contributed by atoms with Gasteiger partial charge in [0.2, 0.25) is 0 Å². The van der Waals surface area contributed by atoms with E-state index in [1.807, 2.05) is 0 Å². The minimum Gasteiger partial charge on any atom is -0.481 e. The summed E-state index contributed by atoms with van der Waals surface area (Å²) in [4.78, 5) is 13.5. The van der Waals surface area contributed by atoms with Gasteiger partial charge in [-0.1, -0.05) is 30.3 Å². The van der Waals surface area contributed by atoms with Crippen LogP contribution in [0, 0.1) is 11.8 Å². The average Bonchev–Trinajstić information content (AvgIpc) is 3.25. The number of carboxylic acid groups (broad SMARTS) is 1. The lowest BCUT2D eigenvalue weighted by Gasteiger charge is -2.37. The molecule has 0 spiro atoms. The number of piperidine rings is 1. The molecule has 1 saturated heterocycles. The summed E-state index contributed by atoms with van der Waals surface area (Å²) in [6.45, 7) is 1.85. The van der Waals surface area contributed by atoms with Crippen LogP contribution in [0.1, 0.15) is 37.3 Å². The third kappa shape index (κ3) is 2.81. The Morgan fingerprint density at radius 3 is 2.26 bits per heavy atom. The van der Waals surface area contributed by atoms with Crippen LogP contribution in [0.2, 0.25) is 0 Å². The van der Waals surface area contributed by atoms with Gasteiger partial charge in [-0.05, 0) is 50.3 Å². The van der Waals surface area contributed by atoms with Crippen molar-refractivity contribution < 1.29 is 9.90 Å². The molecule has 1 unspecified atom stereocenters. The summed E-state index contributed by atoms with van der Waals surface area (Å²) < 4.78 is 0. The molecule has 1 aromatic rings. The normalized spacial score (nSPS) is 23.2. The van der Waals surface area contributed by atoms with Gasteiger partial charge in [-0.25, -0.2) is 0 Å². The molecule has 3 heteroatoms. The van der Waals surface area contributed by atoms with Gasteiger partial charge in [-0.15, -0.1) is 0 Å². The van der Waals surface area contributed by atoms with E-state index < -0.39 is 5.97 Å². The predicted molar refractivity (Wildman–Crippen MR) is 73.8 cm³/mol. The van der Waals surface area contributed by atoms with Crippen molar-refractivity contribution in [2.45, 2.75) is 31.7 Å². The quantitative estimate of drug-likeness (QED) is 0.903. The Morgan fingerprint density at radius 2 is 1.74 bits per heavy atom. The molecule has 0 bridgehead atoms. The molecule has 1 saturated carbocycles. The smallest absolute Gasteiger partial charge is 0.306 e. The Bertz CT molecular complexity index is 433. The van der Waals surface area contributed by atoms with Gasteiger partial charge in [0.25, 0.3) is 0 Å². The maximum absolute atomic E-state index is 11.0. The van der Waals surface area contributed by atoms with Crippen LogP contribution in [0.5, 0.6) is 0 Å². The SMILES string of the molecule is O=C(O)C1CCN(C(c2ccccc2)C2CC2)CC1. The van der Waals surface area contributed by atoms with Crippen LogP contribution >= 0.6 is 0 Å². The molecule has 19 heavy (non-hydrogen) atoms. The molecule has 1 heterocycles. The summed E-state index contributed by atoms with van der Waals surface area (Å²) >= 11 is 0. The van der Waals surface area contributed by atoms with Crippen molar-refractivity contribution in [2.24, 2.45) is 11.8 Å². The van der Waals surface area contributed by atoms with Crippen molar-refractivity contribution in [3.8, 4) is 0 Å². The van der Waals surface area contributed by atoms with E-state index in [9.17, 15) is 4.79 Å². The van der Waals surface area contributed by atoms with E-state index in [-0.39, 0.29) is 5.92 Å². The van der Waals surface area contributed by atoms with Gasteiger partial charge in [-0.3, -0.25) is 9.69 Å². The van der Waals surface area contributed by atoms with E-state index in [1.165, 1.54) is 18.4 Å². The summed E-state index contributed by atoms with van der Waals surface area (Å²) in [7, 11) is 0. The molecule has 102 valence electrons. The van der Waals surface area contributed by atoms with Gasteiger partial charge >= 0.3 is 5.97 Å². The monoisotopic (exact) mass is 259 g/mol. The second-order valence-corrected chi connectivity index (χ2v) is 5.84. The number of rotatable bonds is 4. The third-order valence-electron chi connectivity index (χ3n) is 4.48. The van der Waals surface area contributed by atoms with E-state index in [2.05, 4.69) is 35.2 Å². The number of nitrogens with zero attached hydrogens (tertiary/aromatic N) is 1. The maximum Gasteiger partial charge on any atom is 0.306 e. The zero-order chi connectivity index (χ0) is 13.2. The molecular weight excluding hydrogens is 238 g/mol. The molecule has 0 aromatic heterocycles. The standard InChI is InChI=1S/C16H21NO2/c18-16(19)14-8-10-17(11-9-14)15(13-6-7-13)12-4-2-1-3-5-12/h1-5,13-15H,6-11H2,(H,18,19). The molecule has 1 aliphatic heterocycles. The van der Waals surface area contributed by atoms with Crippen molar-refractivity contribution >= 4 is 5.97 Å². The van der Waals surface area contributed by atoms with Crippen LogP contribution in [0.3, 0.4) is 0 Å². The van der Waals surface area contributed by atoms with Crippen LogP contribution in [-0.2, 0) is 4.79 Å². The molecule has 0 radical (unpaired) electrons. The first kappa shape index (κ1) is 12.7.